The number of aromatic nitrogens is 1. The first-order valence-corrected chi connectivity index (χ1v) is 6.12. The number of nitrogens with one attached hydrogen (secondary N) is 2. The van der Waals surface area contributed by atoms with Crippen molar-refractivity contribution in [2.24, 2.45) is 0 Å². The Kier molecular flexibility index (Phi) is 5.02. The SMILES string of the molecule is CC(C)N(C)CCNC(=O)c1cc(Br)c[nH]1. The highest BCUT2D eigenvalue weighted by atomic mass is 79.9. The van der Waals surface area contributed by atoms with E-state index in [-0.39, 0.29) is 5.91 Å². The molecule has 1 amide bonds. The van der Waals surface area contributed by atoms with E-state index in [1.54, 1.807) is 12.3 Å². The number of likely N-dealkylation sites (N-methyl/N-ethyl adjacent to an activating group) is 1. The second kappa shape index (κ2) is 6.06. The van der Waals surface area contributed by atoms with Crippen LogP contribution in [0.1, 0.15) is 24.3 Å². The van der Waals surface area contributed by atoms with E-state index < -0.39 is 0 Å². The van der Waals surface area contributed by atoms with Crippen LogP contribution >= 0.6 is 15.9 Å². The zero-order valence-electron chi connectivity index (χ0n) is 9.88. The lowest BCUT2D eigenvalue weighted by atomic mass is 10.3. The largest absolute Gasteiger partial charge is 0.356 e. The molecule has 0 radical (unpaired) electrons. The Morgan fingerprint density at radius 1 is 1.62 bits per heavy atom. The minimum Gasteiger partial charge on any atom is -0.356 e. The van der Waals surface area contributed by atoms with E-state index in [4.69, 9.17) is 0 Å². The van der Waals surface area contributed by atoms with Crippen LogP contribution in [0.15, 0.2) is 16.7 Å². The molecule has 0 aliphatic heterocycles. The summed E-state index contributed by atoms with van der Waals surface area (Å²) >= 11 is 3.29. The van der Waals surface area contributed by atoms with Gasteiger partial charge in [0.05, 0.1) is 0 Å². The lowest BCUT2D eigenvalue weighted by Crippen LogP contribution is -2.36. The minimum atomic E-state index is -0.0668. The number of rotatable bonds is 5. The normalized spacial score (nSPS) is 11.1. The summed E-state index contributed by atoms with van der Waals surface area (Å²) in [6.07, 6.45) is 1.75. The number of halogens is 1. The number of amides is 1. The molecule has 90 valence electrons. The van der Waals surface area contributed by atoms with Gasteiger partial charge in [-0.3, -0.25) is 4.79 Å². The molecule has 5 heteroatoms. The number of carbonyl (C=O) groups excluding carboxylic acids is 1. The summed E-state index contributed by atoms with van der Waals surface area (Å²) in [4.78, 5) is 16.7. The number of hydrogen-bond donors (Lipinski definition) is 2. The highest BCUT2D eigenvalue weighted by molar-refractivity contribution is 9.10. The lowest BCUT2D eigenvalue weighted by Gasteiger charge is -2.20. The fourth-order valence-corrected chi connectivity index (χ4v) is 1.54. The molecular formula is C11H18BrN3O. The van der Waals surface area contributed by atoms with Crippen molar-refractivity contribution in [3.8, 4) is 0 Å². The summed E-state index contributed by atoms with van der Waals surface area (Å²) in [7, 11) is 2.04. The molecule has 0 aliphatic carbocycles. The van der Waals surface area contributed by atoms with Crippen molar-refractivity contribution >= 4 is 21.8 Å². The van der Waals surface area contributed by atoms with Crippen molar-refractivity contribution in [2.45, 2.75) is 19.9 Å². The van der Waals surface area contributed by atoms with Crippen molar-refractivity contribution < 1.29 is 4.79 Å². The lowest BCUT2D eigenvalue weighted by molar-refractivity contribution is 0.0943. The highest BCUT2D eigenvalue weighted by Gasteiger charge is 2.08. The molecule has 1 rings (SSSR count). The maximum atomic E-state index is 11.6. The van der Waals surface area contributed by atoms with Gasteiger partial charge in [-0.2, -0.15) is 0 Å². The van der Waals surface area contributed by atoms with Crippen LogP contribution in [-0.4, -0.2) is 42.0 Å². The molecule has 16 heavy (non-hydrogen) atoms. The zero-order valence-corrected chi connectivity index (χ0v) is 11.5. The van der Waals surface area contributed by atoms with Gasteiger partial charge in [0.25, 0.3) is 5.91 Å². The Morgan fingerprint density at radius 2 is 2.31 bits per heavy atom. The minimum absolute atomic E-state index is 0.0668. The smallest absolute Gasteiger partial charge is 0.267 e. The maximum absolute atomic E-state index is 11.6. The molecule has 2 N–H and O–H groups in total. The topological polar surface area (TPSA) is 48.1 Å². The molecule has 0 saturated heterocycles. The standard InChI is InChI=1S/C11H18BrN3O/c1-8(2)15(3)5-4-13-11(16)10-6-9(12)7-14-10/h6-8,14H,4-5H2,1-3H3,(H,13,16). The van der Waals surface area contributed by atoms with Gasteiger partial charge in [0.15, 0.2) is 0 Å². The molecule has 0 aromatic carbocycles. The van der Waals surface area contributed by atoms with Crippen LogP contribution in [0.3, 0.4) is 0 Å². The van der Waals surface area contributed by atoms with E-state index in [0.29, 0.717) is 18.3 Å². The van der Waals surface area contributed by atoms with Gasteiger partial charge >= 0.3 is 0 Å². The van der Waals surface area contributed by atoms with Crippen LogP contribution in [0.2, 0.25) is 0 Å². The van der Waals surface area contributed by atoms with E-state index in [1.165, 1.54) is 0 Å². The summed E-state index contributed by atoms with van der Waals surface area (Å²) in [5, 5.41) is 2.87. The molecule has 0 bridgehead atoms. The molecule has 1 heterocycles. The summed E-state index contributed by atoms with van der Waals surface area (Å²) in [6.45, 7) is 5.77. The first-order valence-electron chi connectivity index (χ1n) is 5.33. The van der Waals surface area contributed by atoms with Crippen LogP contribution in [-0.2, 0) is 0 Å². The third-order valence-electron chi connectivity index (χ3n) is 2.52. The van der Waals surface area contributed by atoms with Crippen molar-refractivity contribution in [3.05, 3.63) is 22.4 Å². The molecule has 0 spiro atoms. The van der Waals surface area contributed by atoms with Crippen LogP contribution in [0.4, 0.5) is 0 Å². The molecule has 1 aromatic heterocycles. The fourth-order valence-electron chi connectivity index (χ4n) is 1.20. The molecule has 0 aliphatic rings. The average molecular weight is 288 g/mol. The molecule has 0 saturated carbocycles. The van der Waals surface area contributed by atoms with Crippen molar-refractivity contribution in [1.82, 2.24) is 15.2 Å². The molecule has 1 aromatic rings. The Labute approximate surface area is 105 Å². The van der Waals surface area contributed by atoms with Gasteiger partial charge in [-0.05, 0) is 42.9 Å². The highest BCUT2D eigenvalue weighted by Crippen LogP contribution is 2.10. The maximum Gasteiger partial charge on any atom is 0.267 e. The summed E-state index contributed by atoms with van der Waals surface area (Å²) in [5.74, 6) is -0.0668. The van der Waals surface area contributed by atoms with E-state index in [0.717, 1.165) is 11.0 Å². The predicted octanol–water partition coefficient (Wildman–Crippen LogP) is 1.85. The van der Waals surface area contributed by atoms with Gasteiger partial charge < -0.3 is 15.2 Å². The Bertz CT molecular complexity index is 349. The Hall–Kier alpha value is -0.810. The van der Waals surface area contributed by atoms with E-state index >= 15 is 0 Å². The summed E-state index contributed by atoms with van der Waals surface area (Å²) in [6, 6.07) is 2.26. The van der Waals surface area contributed by atoms with Crippen LogP contribution in [0, 0.1) is 0 Å². The van der Waals surface area contributed by atoms with E-state index in [9.17, 15) is 4.79 Å². The third kappa shape index (κ3) is 3.98. The van der Waals surface area contributed by atoms with Crippen molar-refractivity contribution in [2.75, 3.05) is 20.1 Å². The number of carbonyl (C=O) groups is 1. The van der Waals surface area contributed by atoms with Gasteiger partial charge in [-0.25, -0.2) is 0 Å². The van der Waals surface area contributed by atoms with Gasteiger partial charge in [0.2, 0.25) is 0 Å². The summed E-state index contributed by atoms with van der Waals surface area (Å²) < 4.78 is 0.886. The molecule has 4 nitrogen and oxygen atoms in total. The molecular weight excluding hydrogens is 270 g/mol. The number of aromatic amines is 1. The monoisotopic (exact) mass is 287 g/mol. The van der Waals surface area contributed by atoms with E-state index in [1.807, 2.05) is 7.05 Å². The zero-order chi connectivity index (χ0) is 12.1. The van der Waals surface area contributed by atoms with Crippen LogP contribution in [0.25, 0.3) is 0 Å². The number of nitrogens with zero attached hydrogens (tertiary/aromatic N) is 1. The average Bonchev–Trinajstić information content (AvgIpc) is 2.64. The van der Waals surface area contributed by atoms with Gasteiger partial charge in [0, 0.05) is 29.8 Å². The number of hydrogen-bond acceptors (Lipinski definition) is 2. The van der Waals surface area contributed by atoms with Gasteiger partial charge in [-0.1, -0.05) is 0 Å². The summed E-state index contributed by atoms with van der Waals surface area (Å²) in [5.41, 5.74) is 0.582. The first-order chi connectivity index (χ1) is 7.50. The van der Waals surface area contributed by atoms with Crippen LogP contribution in [0.5, 0.6) is 0 Å². The van der Waals surface area contributed by atoms with E-state index in [2.05, 4.69) is 45.0 Å². The Balaban J connectivity index is 2.31. The fraction of sp³-hybridized carbons (Fsp3) is 0.545. The van der Waals surface area contributed by atoms with Crippen LogP contribution < -0.4 is 5.32 Å². The Morgan fingerprint density at radius 3 is 2.81 bits per heavy atom. The number of H-pyrrole nitrogens is 1. The molecule has 0 fully saturated rings. The van der Waals surface area contributed by atoms with Gasteiger partial charge in [0.1, 0.15) is 5.69 Å². The second-order valence-electron chi connectivity index (χ2n) is 4.06. The molecule has 0 unspecified atom stereocenters. The second-order valence-corrected chi connectivity index (χ2v) is 4.98. The first kappa shape index (κ1) is 13.3. The predicted molar refractivity (Wildman–Crippen MR) is 68.6 cm³/mol. The van der Waals surface area contributed by atoms with Crippen molar-refractivity contribution in [1.29, 1.82) is 0 Å². The van der Waals surface area contributed by atoms with Gasteiger partial charge in [-0.15, -0.1) is 0 Å². The van der Waals surface area contributed by atoms with Crippen molar-refractivity contribution in [3.63, 3.8) is 0 Å². The molecule has 0 atom stereocenters. The quantitative estimate of drug-likeness (QED) is 0.868. The third-order valence-corrected chi connectivity index (χ3v) is 2.98.